The molecule has 9 heteroatoms. The molecule has 1 amide bonds. The first-order chi connectivity index (χ1) is 15.2. The van der Waals surface area contributed by atoms with Gasteiger partial charge in [-0.3, -0.25) is 4.31 Å². The van der Waals surface area contributed by atoms with Crippen molar-refractivity contribution in [3.05, 3.63) is 29.6 Å². The van der Waals surface area contributed by atoms with Crippen molar-refractivity contribution < 1.29 is 22.3 Å². The molecule has 1 saturated carbocycles. The minimum absolute atomic E-state index is 0.111. The number of halogens is 1. The van der Waals surface area contributed by atoms with Crippen molar-refractivity contribution in [1.29, 1.82) is 0 Å². The van der Waals surface area contributed by atoms with Crippen molar-refractivity contribution in [3.8, 4) is 0 Å². The van der Waals surface area contributed by atoms with Crippen LogP contribution in [-0.2, 0) is 20.2 Å². The van der Waals surface area contributed by atoms with Crippen LogP contribution in [0.25, 0.3) is 0 Å². The molecular formula is C23H34FN3O4S. The summed E-state index contributed by atoms with van der Waals surface area (Å²) < 4.78 is 45.4. The third kappa shape index (κ3) is 4.73. The van der Waals surface area contributed by atoms with Gasteiger partial charge in [0.05, 0.1) is 18.6 Å². The number of nitrogens with zero attached hydrogens (tertiary/aromatic N) is 2. The van der Waals surface area contributed by atoms with Crippen molar-refractivity contribution in [1.82, 2.24) is 10.2 Å². The van der Waals surface area contributed by atoms with E-state index in [0.29, 0.717) is 24.9 Å². The van der Waals surface area contributed by atoms with Crippen molar-refractivity contribution in [2.45, 2.75) is 69.4 Å². The van der Waals surface area contributed by atoms with Gasteiger partial charge in [-0.15, -0.1) is 0 Å². The van der Waals surface area contributed by atoms with Crippen LogP contribution < -0.4 is 9.62 Å². The number of hydrogen-bond donors (Lipinski definition) is 1. The van der Waals surface area contributed by atoms with Gasteiger partial charge < -0.3 is 15.0 Å². The Morgan fingerprint density at radius 1 is 1.25 bits per heavy atom. The zero-order chi connectivity index (χ0) is 22.9. The van der Waals surface area contributed by atoms with Crippen LogP contribution >= 0.6 is 0 Å². The Bertz CT molecular complexity index is 947. The molecule has 4 rings (SSSR count). The molecule has 2 atom stereocenters. The number of rotatable bonds is 4. The third-order valence-corrected chi connectivity index (χ3v) is 8.54. The largest absolute Gasteiger partial charge is 0.450 e. The topological polar surface area (TPSA) is 79.0 Å². The highest BCUT2D eigenvalue weighted by Gasteiger charge is 2.48. The van der Waals surface area contributed by atoms with E-state index in [1.807, 2.05) is 0 Å². The summed E-state index contributed by atoms with van der Waals surface area (Å²) in [7, 11) is -3.42. The Morgan fingerprint density at radius 2 is 1.97 bits per heavy atom. The number of amides is 1. The number of piperidine rings is 1. The first-order valence-corrected chi connectivity index (χ1v) is 13.5. The fourth-order valence-electron chi connectivity index (χ4n) is 5.77. The van der Waals surface area contributed by atoms with Gasteiger partial charge in [0.1, 0.15) is 5.82 Å². The van der Waals surface area contributed by atoms with Crippen molar-refractivity contribution in [3.63, 3.8) is 0 Å². The molecule has 3 aliphatic rings. The molecule has 0 radical (unpaired) electrons. The van der Waals surface area contributed by atoms with Crippen molar-refractivity contribution in [2.75, 3.05) is 36.8 Å². The molecule has 1 spiro atoms. The number of ether oxygens (including phenoxy) is 1. The van der Waals surface area contributed by atoms with Crippen LogP contribution in [0.5, 0.6) is 0 Å². The van der Waals surface area contributed by atoms with E-state index >= 15 is 0 Å². The number of fused-ring (bicyclic) bond motifs is 2. The summed E-state index contributed by atoms with van der Waals surface area (Å²) in [6.07, 6.45) is 7.62. The molecule has 2 heterocycles. The summed E-state index contributed by atoms with van der Waals surface area (Å²) in [5.41, 5.74) is 1.10. The maximum atomic E-state index is 14.1. The first-order valence-electron chi connectivity index (χ1n) is 11.7. The third-order valence-electron chi connectivity index (χ3n) is 7.41. The average molecular weight is 468 g/mol. The van der Waals surface area contributed by atoms with E-state index in [2.05, 4.69) is 10.2 Å². The van der Waals surface area contributed by atoms with Crippen LogP contribution in [0.4, 0.5) is 14.9 Å². The average Bonchev–Trinajstić information content (AvgIpc) is 2.88. The number of likely N-dealkylation sites (tertiary alicyclic amines) is 1. The molecule has 0 bridgehead atoms. The minimum Gasteiger partial charge on any atom is -0.450 e. The summed E-state index contributed by atoms with van der Waals surface area (Å²) in [6.45, 7) is 4.23. The summed E-state index contributed by atoms with van der Waals surface area (Å²) >= 11 is 0. The molecule has 2 aliphatic heterocycles. The lowest BCUT2D eigenvalue weighted by Crippen LogP contribution is -2.50. The van der Waals surface area contributed by atoms with Crippen LogP contribution in [0.2, 0.25) is 0 Å². The molecule has 1 aromatic rings. The zero-order valence-electron chi connectivity index (χ0n) is 19.0. The van der Waals surface area contributed by atoms with E-state index in [-0.39, 0.29) is 23.4 Å². The SMILES string of the molecule is CCOC(=O)NC1CCCCC(N2CCC3(CC2)CN(S(C)(=O)=O)c2ccc(F)cc23)C1. The number of nitrogens with one attached hydrogen (secondary N) is 1. The Hall–Kier alpha value is -1.87. The first kappa shape index (κ1) is 23.3. The molecular weight excluding hydrogens is 433 g/mol. The zero-order valence-corrected chi connectivity index (χ0v) is 19.8. The quantitative estimate of drug-likeness (QED) is 0.687. The van der Waals surface area contributed by atoms with Crippen molar-refractivity contribution >= 4 is 21.8 Å². The lowest BCUT2D eigenvalue weighted by atomic mass is 9.74. The highest BCUT2D eigenvalue weighted by Crippen LogP contribution is 2.48. The number of sulfonamides is 1. The maximum Gasteiger partial charge on any atom is 0.407 e. The molecule has 32 heavy (non-hydrogen) atoms. The number of carbonyl (C=O) groups is 1. The van der Waals surface area contributed by atoms with Crippen LogP contribution in [0.1, 0.15) is 57.4 Å². The Kier molecular flexibility index (Phi) is 6.68. The molecule has 2 fully saturated rings. The lowest BCUT2D eigenvalue weighted by Gasteiger charge is -2.43. The van der Waals surface area contributed by atoms with Gasteiger partial charge in [0.25, 0.3) is 0 Å². The van der Waals surface area contributed by atoms with Crippen LogP contribution in [-0.4, -0.2) is 64.0 Å². The molecule has 1 aliphatic carbocycles. The second-order valence-corrected chi connectivity index (χ2v) is 11.4. The van der Waals surface area contributed by atoms with E-state index in [9.17, 15) is 17.6 Å². The van der Waals surface area contributed by atoms with Crippen LogP contribution in [0.15, 0.2) is 18.2 Å². The molecule has 0 aromatic heterocycles. The van der Waals surface area contributed by atoms with E-state index in [1.165, 1.54) is 22.7 Å². The Morgan fingerprint density at radius 3 is 2.66 bits per heavy atom. The van der Waals surface area contributed by atoms with Crippen molar-refractivity contribution in [2.24, 2.45) is 0 Å². The molecule has 178 valence electrons. The summed E-state index contributed by atoms with van der Waals surface area (Å²) in [5, 5.41) is 3.02. The van der Waals surface area contributed by atoms with Gasteiger partial charge in [0, 0.05) is 24.0 Å². The summed E-state index contributed by atoms with van der Waals surface area (Å²) in [4.78, 5) is 14.4. The standard InChI is InChI=1S/C23H34FN3O4S/c1-3-31-22(28)25-18-6-4-5-7-19(15-18)26-12-10-23(11-13-26)16-27(32(2,29)30)21-9-8-17(24)14-20(21)23/h8-9,14,18-19H,3-7,10-13,15-16H2,1-2H3,(H,25,28). The number of alkyl carbamates (subject to hydrolysis) is 1. The molecule has 1 aromatic carbocycles. The van der Waals surface area contributed by atoms with Gasteiger partial charge in [-0.1, -0.05) is 12.8 Å². The second-order valence-electron chi connectivity index (χ2n) is 9.48. The Balaban J connectivity index is 1.47. The van der Waals surface area contributed by atoms with Gasteiger partial charge >= 0.3 is 6.09 Å². The highest BCUT2D eigenvalue weighted by molar-refractivity contribution is 7.92. The lowest BCUT2D eigenvalue weighted by molar-refractivity contribution is 0.104. The van der Waals surface area contributed by atoms with E-state index in [1.54, 1.807) is 13.0 Å². The molecule has 7 nitrogen and oxygen atoms in total. The van der Waals surface area contributed by atoms with Gasteiger partial charge in [0.2, 0.25) is 10.0 Å². The molecule has 1 saturated heterocycles. The summed E-state index contributed by atoms with van der Waals surface area (Å²) in [6, 6.07) is 4.96. The predicted molar refractivity (Wildman–Crippen MR) is 122 cm³/mol. The summed E-state index contributed by atoms with van der Waals surface area (Å²) in [5.74, 6) is -0.322. The fourth-order valence-corrected chi connectivity index (χ4v) is 6.77. The normalized spacial score (nSPS) is 25.9. The van der Waals surface area contributed by atoms with Gasteiger partial charge in [-0.05, 0) is 75.9 Å². The van der Waals surface area contributed by atoms with E-state index in [4.69, 9.17) is 4.74 Å². The van der Waals surface area contributed by atoms with E-state index < -0.39 is 10.0 Å². The Labute approximate surface area is 190 Å². The number of benzene rings is 1. The van der Waals surface area contributed by atoms with Gasteiger partial charge in [-0.25, -0.2) is 17.6 Å². The number of carbonyl (C=O) groups excluding carboxylic acids is 1. The van der Waals surface area contributed by atoms with Gasteiger partial charge in [0.15, 0.2) is 0 Å². The van der Waals surface area contributed by atoms with E-state index in [0.717, 1.165) is 63.6 Å². The number of hydrogen-bond acceptors (Lipinski definition) is 5. The molecule has 1 N–H and O–H groups in total. The number of anilines is 1. The maximum absolute atomic E-state index is 14.1. The molecule has 2 unspecified atom stereocenters. The minimum atomic E-state index is -3.42. The fraction of sp³-hybridized carbons (Fsp3) is 0.696. The smallest absolute Gasteiger partial charge is 0.407 e. The highest BCUT2D eigenvalue weighted by atomic mass is 32.2. The van der Waals surface area contributed by atoms with Crippen LogP contribution in [0, 0.1) is 5.82 Å². The second kappa shape index (κ2) is 9.17. The van der Waals surface area contributed by atoms with Crippen LogP contribution in [0.3, 0.4) is 0 Å². The monoisotopic (exact) mass is 467 g/mol. The van der Waals surface area contributed by atoms with Gasteiger partial charge in [-0.2, -0.15) is 0 Å². The predicted octanol–water partition coefficient (Wildman–Crippen LogP) is 3.39.